The Balaban J connectivity index is 1.48. The molecule has 2 N–H and O–H groups in total. The standard InChI is InChI=1S/C17H21N3O2S/c21-14-7-4-8-20(10-14)11-16(22)18-9-17-19-15(12-23-17)13-5-2-1-3-6-13/h1-3,5-6,12,14,21H,4,7-11H2,(H,18,22)/t14-/m0/s1. The highest BCUT2D eigenvalue weighted by molar-refractivity contribution is 7.09. The molecular formula is C17H21N3O2S. The van der Waals surface area contributed by atoms with Gasteiger partial charge in [0.15, 0.2) is 0 Å². The van der Waals surface area contributed by atoms with Gasteiger partial charge in [0.05, 0.1) is 24.9 Å². The number of nitrogens with one attached hydrogen (secondary N) is 1. The topological polar surface area (TPSA) is 65.5 Å². The number of piperidine rings is 1. The van der Waals surface area contributed by atoms with Gasteiger partial charge >= 0.3 is 0 Å². The first-order valence-electron chi connectivity index (χ1n) is 7.87. The van der Waals surface area contributed by atoms with Crippen LogP contribution in [0.1, 0.15) is 17.8 Å². The fourth-order valence-corrected chi connectivity index (χ4v) is 3.48. The van der Waals surface area contributed by atoms with Crippen LogP contribution in [0.25, 0.3) is 11.3 Å². The van der Waals surface area contributed by atoms with E-state index in [0.717, 1.165) is 35.7 Å². The number of hydrogen-bond donors (Lipinski definition) is 2. The van der Waals surface area contributed by atoms with Crippen LogP contribution in [0, 0.1) is 0 Å². The third-order valence-corrected chi connectivity index (χ3v) is 4.75. The molecule has 1 aromatic heterocycles. The van der Waals surface area contributed by atoms with Crippen molar-refractivity contribution >= 4 is 17.2 Å². The third kappa shape index (κ3) is 4.60. The molecular weight excluding hydrogens is 310 g/mol. The van der Waals surface area contributed by atoms with Gasteiger partial charge in [-0.3, -0.25) is 9.69 Å². The molecule has 1 saturated heterocycles. The normalized spacial score (nSPS) is 18.7. The largest absolute Gasteiger partial charge is 0.392 e. The van der Waals surface area contributed by atoms with E-state index in [9.17, 15) is 9.90 Å². The van der Waals surface area contributed by atoms with Crippen LogP contribution in [-0.2, 0) is 11.3 Å². The second-order valence-corrected chi connectivity index (χ2v) is 6.74. The number of aliphatic hydroxyl groups is 1. The van der Waals surface area contributed by atoms with Gasteiger partial charge in [0.25, 0.3) is 0 Å². The van der Waals surface area contributed by atoms with Gasteiger partial charge in [0, 0.05) is 17.5 Å². The van der Waals surface area contributed by atoms with Crippen LogP contribution in [0.5, 0.6) is 0 Å². The molecule has 1 amide bonds. The monoisotopic (exact) mass is 331 g/mol. The number of thiazole rings is 1. The highest BCUT2D eigenvalue weighted by Crippen LogP contribution is 2.21. The summed E-state index contributed by atoms with van der Waals surface area (Å²) in [5, 5.41) is 15.5. The van der Waals surface area contributed by atoms with E-state index in [1.807, 2.05) is 40.6 Å². The zero-order valence-electron chi connectivity index (χ0n) is 12.9. The predicted molar refractivity (Wildman–Crippen MR) is 91.1 cm³/mol. The fraction of sp³-hybridized carbons (Fsp3) is 0.412. The maximum Gasteiger partial charge on any atom is 0.234 e. The number of carbonyl (C=O) groups excluding carboxylic acids is 1. The molecule has 0 radical (unpaired) electrons. The second kappa shape index (κ2) is 7.68. The smallest absolute Gasteiger partial charge is 0.234 e. The minimum atomic E-state index is -0.302. The minimum Gasteiger partial charge on any atom is -0.392 e. The lowest BCUT2D eigenvalue weighted by molar-refractivity contribution is -0.123. The highest BCUT2D eigenvalue weighted by Gasteiger charge is 2.19. The molecule has 5 nitrogen and oxygen atoms in total. The summed E-state index contributed by atoms with van der Waals surface area (Å²) in [6.07, 6.45) is 1.48. The van der Waals surface area contributed by atoms with Crippen molar-refractivity contribution in [2.45, 2.75) is 25.5 Å². The Kier molecular flexibility index (Phi) is 5.38. The van der Waals surface area contributed by atoms with Gasteiger partial charge < -0.3 is 10.4 Å². The Morgan fingerprint density at radius 3 is 3.00 bits per heavy atom. The molecule has 1 aromatic carbocycles. The number of amides is 1. The summed E-state index contributed by atoms with van der Waals surface area (Å²) in [5.74, 6) is -0.0180. The number of carbonyl (C=O) groups is 1. The van der Waals surface area contributed by atoms with Crippen molar-refractivity contribution in [3.05, 3.63) is 40.7 Å². The summed E-state index contributed by atoms with van der Waals surface area (Å²) in [6.45, 7) is 2.25. The van der Waals surface area contributed by atoms with E-state index in [2.05, 4.69) is 10.3 Å². The Bertz CT molecular complexity index is 644. The molecule has 0 spiro atoms. The maximum atomic E-state index is 12.0. The number of β-amino-alcohol motifs (C(OH)–C–C–N with tert-alkyl or cyclic N) is 1. The molecule has 0 unspecified atom stereocenters. The van der Waals surface area contributed by atoms with Crippen molar-refractivity contribution in [1.29, 1.82) is 0 Å². The average molecular weight is 331 g/mol. The number of likely N-dealkylation sites (tertiary alicyclic amines) is 1. The first-order chi connectivity index (χ1) is 11.2. The van der Waals surface area contributed by atoms with Crippen LogP contribution in [0.3, 0.4) is 0 Å². The molecule has 122 valence electrons. The molecule has 6 heteroatoms. The number of benzene rings is 1. The van der Waals surface area contributed by atoms with Crippen LogP contribution in [0.15, 0.2) is 35.7 Å². The molecule has 1 atom stereocenters. The number of rotatable bonds is 5. The van der Waals surface area contributed by atoms with Gasteiger partial charge in [-0.25, -0.2) is 4.98 Å². The molecule has 1 aliphatic rings. The highest BCUT2D eigenvalue weighted by atomic mass is 32.1. The summed E-state index contributed by atoms with van der Waals surface area (Å²) in [4.78, 5) is 18.6. The van der Waals surface area contributed by atoms with Crippen LogP contribution in [-0.4, -0.2) is 46.6 Å². The lowest BCUT2D eigenvalue weighted by Crippen LogP contribution is -2.44. The Labute approximate surface area is 140 Å². The second-order valence-electron chi connectivity index (χ2n) is 5.80. The van der Waals surface area contributed by atoms with Crippen LogP contribution in [0.4, 0.5) is 0 Å². The van der Waals surface area contributed by atoms with E-state index >= 15 is 0 Å². The number of nitrogens with zero attached hydrogens (tertiary/aromatic N) is 2. The average Bonchev–Trinajstić information content (AvgIpc) is 3.03. The molecule has 1 fully saturated rings. The van der Waals surface area contributed by atoms with Crippen LogP contribution < -0.4 is 5.32 Å². The summed E-state index contributed by atoms with van der Waals surface area (Å²) in [6, 6.07) is 10.0. The summed E-state index contributed by atoms with van der Waals surface area (Å²) in [7, 11) is 0. The molecule has 0 aliphatic carbocycles. The molecule has 0 bridgehead atoms. The third-order valence-electron chi connectivity index (χ3n) is 3.91. The first-order valence-corrected chi connectivity index (χ1v) is 8.75. The van der Waals surface area contributed by atoms with Gasteiger partial charge in [0.2, 0.25) is 5.91 Å². The zero-order chi connectivity index (χ0) is 16.1. The van der Waals surface area contributed by atoms with Crippen molar-refractivity contribution < 1.29 is 9.90 Å². The van der Waals surface area contributed by atoms with Crippen molar-refractivity contribution in [2.75, 3.05) is 19.6 Å². The van der Waals surface area contributed by atoms with Crippen molar-refractivity contribution in [1.82, 2.24) is 15.2 Å². The Morgan fingerprint density at radius 2 is 2.22 bits per heavy atom. The van der Waals surface area contributed by atoms with E-state index in [4.69, 9.17) is 0 Å². The minimum absolute atomic E-state index is 0.0180. The summed E-state index contributed by atoms with van der Waals surface area (Å²) >= 11 is 1.55. The number of aromatic nitrogens is 1. The van der Waals surface area contributed by atoms with Crippen molar-refractivity contribution in [2.24, 2.45) is 0 Å². The van der Waals surface area contributed by atoms with E-state index in [1.165, 1.54) is 0 Å². The lowest BCUT2D eigenvalue weighted by Gasteiger charge is -2.29. The molecule has 1 aliphatic heterocycles. The first kappa shape index (κ1) is 16.1. The summed E-state index contributed by atoms with van der Waals surface area (Å²) < 4.78 is 0. The Morgan fingerprint density at radius 1 is 1.39 bits per heavy atom. The summed E-state index contributed by atoms with van der Waals surface area (Å²) in [5.41, 5.74) is 2.03. The van der Waals surface area contributed by atoms with Gasteiger partial charge in [-0.2, -0.15) is 0 Å². The molecule has 23 heavy (non-hydrogen) atoms. The van der Waals surface area contributed by atoms with Crippen molar-refractivity contribution in [3.63, 3.8) is 0 Å². The molecule has 2 aromatic rings. The predicted octanol–water partition coefficient (Wildman–Crippen LogP) is 1.88. The molecule has 2 heterocycles. The number of hydrogen-bond acceptors (Lipinski definition) is 5. The van der Waals surface area contributed by atoms with Gasteiger partial charge in [-0.1, -0.05) is 30.3 Å². The molecule has 0 saturated carbocycles. The van der Waals surface area contributed by atoms with E-state index < -0.39 is 0 Å². The van der Waals surface area contributed by atoms with Gasteiger partial charge in [0.1, 0.15) is 5.01 Å². The zero-order valence-corrected chi connectivity index (χ0v) is 13.8. The van der Waals surface area contributed by atoms with Crippen LogP contribution >= 0.6 is 11.3 Å². The maximum absolute atomic E-state index is 12.0. The quantitative estimate of drug-likeness (QED) is 0.878. The van der Waals surface area contributed by atoms with E-state index in [1.54, 1.807) is 11.3 Å². The fourth-order valence-electron chi connectivity index (χ4n) is 2.74. The number of aliphatic hydroxyl groups excluding tert-OH is 1. The van der Waals surface area contributed by atoms with Crippen LogP contribution in [0.2, 0.25) is 0 Å². The Hall–Kier alpha value is -1.76. The van der Waals surface area contributed by atoms with E-state index in [-0.39, 0.29) is 12.0 Å². The SMILES string of the molecule is O=C(CN1CCC[C@H](O)C1)NCc1nc(-c2ccccc2)cs1. The van der Waals surface area contributed by atoms with E-state index in [0.29, 0.717) is 19.6 Å². The van der Waals surface area contributed by atoms with Gasteiger partial charge in [-0.15, -0.1) is 11.3 Å². The van der Waals surface area contributed by atoms with Crippen molar-refractivity contribution in [3.8, 4) is 11.3 Å². The lowest BCUT2D eigenvalue weighted by atomic mass is 10.1. The molecule has 3 rings (SSSR count). The van der Waals surface area contributed by atoms with Gasteiger partial charge in [-0.05, 0) is 19.4 Å².